The van der Waals surface area contributed by atoms with Crippen LogP contribution in [0.5, 0.6) is 0 Å². The molecule has 0 aliphatic carbocycles. The number of fused-ring (bicyclic) bond motifs is 5. The Morgan fingerprint density at radius 1 is 1.05 bits per heavy atom. The van der Waals surface area contributed by atoms with E-state index in [-0.39, 0.29) is 56.3 Å². The number of Topliss-reactive ketones (excluding diaryl/α,β-unsaturated/α-hetero) is 2. The maximum atomic E-state index is 14.4. The van der Waals surface area contributed by atoms with Gasteiger partial charge in [-0.2, -0.15) is 5.10 Å². The molecule has 5 heterocycles. The van der Waals surface area contributed by atoms with Gasteiger partial charge in [-0.3, -0.25) is 14.4 Å². The zero-order valence-electron chi connectivity index (χ0n) is 34.9. The molecule has 0 spiro atoms. The minimum Gasteiger partial charge on any atom is -0.459 e. The summed E-state index contributed by atoms with van der Waals surface area (Å²) in [6, 6.07) is 5.13. The van der Waals surface area contributed by atoms with Gasteiger partial charge in [-0.15, -0.1) is 0 Å². The van der Waals surface area contributed by atoms with Crippen molar-refractivity contribution in [3.8, 4) is 5.82 Å². The standard InChI is InChI=1S/C41H61N5O11/c1-11-31-41(8,51)37-25(4)33(47)23(2)18-40(7,53-22-29(21-52-37)44-54-20-28-13-14-32(42-19-28)46-16-12-15-43-46)36(26(5)34(48)27(6)38(50)56-31)57-39-35(49)30(45(9)10)17-24(3)55-39/h12-16,19,23-27,30-31,35-37,39,49,51H,11,17-18,20-22H2,1-10H3/b44-29+/t23-,24-,25+,26+,27-,30+,31-,35-,36-,37-,39+,40-,41-/m1/s1. The molecule has 16 nitrogen and oxygen atoms in total. The number of oxime groups is 1. The molecular formula is C41H61N5O11. The first-order valence-corrected chi connectivity index (χ1v) is 19.9. The minimum absolute atomic E-state index is 0.0470. The Hall–Kier alpha value is -3.64. The van der Waals surface area contributed by atoms with E-state index in [1.165, 1.54) is 13.8 Å². The number of aliphatic hydroxyl groups is 2. The van der Waals surface area contributed by atoms with E-state index in [9.17, 15) is 24.6 Å². The van der Waals surface area contributed by atoms with Crippen LogP contribution in [0.1, 0.15) is 80.2 Å². The third-order valence-electron chi connectivity index (χ3n) is 11.8. The van der Waals surface area contributed by atoms with Crippen molar-refractivity contribution in [2.75, 3.05) is 27.3 Å². The predicted octanol–water partition coefficient (Wildman–Crippen LogP) is 3.28. The Kier molecular flexibility index (Phi) is 14.4. The number of carbonyl (C=O) groups is 3. The van der Waals surface area contributed by atoms with Crippen molar-refractivity contribution in [3.63, 3.8) is 0 Å². The van der Waals surface area contributed by atoms with Gasteiger partial charge in [0.05, 0.1) is 37.1 Å². The minimum atomic E-state index is -1.87. The van der Waals surface area contributed by atoms with Crippen LogP contribution in [-0.4, -0.2) is 134 Å². The molecule has 0 unspecified atom stereocenters. The predicted molar refractivity (Wildman–Crippen MR) is 207 cm³/mol. The van der Waals surface area contributed by atoms with Crippen molar-refractivity contribution in [3.05, 3.63) is 42.4 Å². The van der Waals surface area contributed by atoms with Crippen LogP contribution < -0.4 is 0 Å². The van der Waals surface area contributed by atoms with E-state index in [0.29, 0.717) is 12.2 Å². The molecule has 57 heavy (non-hydrogen) atoms. The molecule has 2 aromatic rings. The number of hydrogen-bond acceptors (Lipinski definition) is 15. The fraction of sp³-hybridized carbons (Fsp3) is 0.707. The van der Waals surface area contributed by atoms with Crippen LogP contribution in [0.15, 0.2) is 41.9 Å². The number of esters is 1. The third-order valence-corrected chi connectivity index (χ3v) is 11.8. The molecule has 2 aromatic heterocycles. The first-order valence-electron chi connectivity index (χ1n) is 19.9. The van der Waals surface area contributed by atoms with E-state index >= 15 is 0 Å². The van der Waals surface area contributed by atoms with Crippen molar-refractivity contribution in [2.24, 2.45) is 28.8 Å². The normalized spacial score (nSPS) is 38.3. The first kappa shape index (κ1) is 44.5. The quantitative estimate of drug-likeness (QED) is 0.225. The zero-order chi connectivity index (χ0) is 41.8. The molecule has 3 aliphatic heterocycles. The lowest BCUT2D eigenvalue weighted by atomic mass is 9.74. The lowest BCUT2D eigenvalue weighted by molar-refractivity contribution is -0.296. The summed E-state index contributed by atoms with van der Waals surface area (Å²) >= 11 is 0. The molecule has 316 valence electrons. The highest BCUT2D eigenvalue weighted by Crippen LogP contribution is 2.39. The van der Waals surface area contributed by atoms with Crippen LogP contribution in [0.25, 0.3) is 5.82 Å². The monoisotopic (exact) mass is 799 g/mol. The number of nitrogens with zero attached hydrogens (tertiary/aromatic N) is 5. The Morgan fingerprint density at radius 2 is 1.79 bits per heavy atom. The van der Waals surface area contributed by atoms with Crippen molar-refractivity contribution in [1.82, 2.24) is 19.7 Å². The summed E-state index contributed by atoms with van der Waals surface area (Å²) in [6.07, 6.45) is -0.174. The largest absolute Gasteiger partial charge is 0.459 e. The maximum Gasteiger partial charge on any atom is 0.316 e. The fourth-order valence-corrected chi connectivity index (χ4v) is 8.44. The number of likely N-dealkylation sites (N-methyl/N-ethyl adjacent to an activating group) is 1. The molecule has 0 radical (unpaired) electrons. The van der Waals surface area contributed by atoms with E-state index in [1.807, 2.05) is 32.0 Å². The van der Waals surface area contributed by atoms with E-state index in [4.69, 9.17) is 28.5 Å². The van der Waals surface area contributed by atoms with Gasteiger partial charge < -0.3 is 43.6 Å². The summed E-state index contributed by atoms with van der Waals surface area (Å²) in [4.78, 5) is 54.7. The molecule has 2 N–H and O–H groups in total. The molecule has 3 saturated heterocycles. The topological polar surface area (TPSA) is 193 Å². The molecule has 13 atom stereocenters. The van der Waals surface area contributed by atoms with Gasteiger partial charge in [-0.25, -0.2) is 9.67 Å². The van der Waals surface area contributed by atoms with Crippen molar-refractivity contribution < 1.29 is 53.1 Å². The van der Waals surface area contributed by atoms with Crippen LogP contribution in [0.4, 0.5) is 0 Å². The Bertz CT molecular complexity index is 1700. The molecule has 0 saturated carbocycles. The highest BCUT2D eigenvalue weighted by atomic mass is 16.7. The van der Waals surface area contributed by atoms with Gasteiger partial charge in [-0.1, -0.05) is 38.9 Å². The summed E-state index contributed by atoms with van der Waals surface area (Å²) in [5.74, 6) is -4.83. The number of aliphatic hydroxyl groups excluding tert-OH is 1. The van der Waals surface area contributed by atoms with Gasteiger partial charge in [0, 0.05) is 47.9 Å². The maximum absolute atomic E-state index is 14.4. The van der Waals surface area contributed by atoms with Gasteiger partial charge >= 0.3 is 5.97 Å². The summed E-state index contributed by atoms with van der Waals surface area (Å²) in [5, 5.41) is 32.4. The molecule has 5 rings (SSSR count). The summed E-state index contributed by atoms with van der Waals surface area (Å²) in [5.41, 5.74) is -2.29. The average Bonchev–Trinajstić information content (AvgIpc) is 3.72. The van der Waals surface area contributed by atoms with E-state index < -0.39 is 77.3 Å². The molecular weight excluding hydrogens is 738 g/mol. The summed E-state index contributed by atoms with van der Waals surface area (Å²) < 4.78 is 33.6. The second-order valence-corrected chi connectivity index (χ2v) is 16.6. The molecule has 0 aromatic carbocycles. The van der Waals surface area contributed by atoms with Crippen LogP contribution in [0.3, 0.4) is 0 Å². The lowest BCUT2D eigenvalue weighted by Crippen LogP contribution is -2.60. The average molecular weight is 800 g/mol. The molecule has 2 bridgehead atoms. The molecule has 3 aliphatic rings. The van der Waals surface area contributed by atoms with Crippen LogP contribution in [0, 0.1) is 23.7 Å². The van der Waals surface area contributed by atoms with Gasteiger partial charge in [0.25, 0.3) is 0 Å². The Balaban J connectivity index is 1.57. The van der Waals surface area contributed by atoms with Crippen molar-refractivity contribution >= 4 is 23.2 Å². The summed E-state index contributed by atoms with van der Waals surface area (Å²) in [6.45, 7) is 13.0. The lowest BCUT2D eigenvalue weighted by Gasteiger charge is -2.47. The number of ketones is 2. The van der Waals surface area contributed by atoms with E-state index in [1.54, 1.807) is 70.0 Å². The van der Waals surface area contributed by atoms with Crippen LogP contribution in [-0.2, 0) is 49.5 Å². The Morgan fingerprint density at radius 3 is 2.42 bits per heavy atom. The molecule has 3 fully saturated rings. The second kappa shape index (κ2) is 18.5. The van der Waals surface area contributed by atoms with Gasteiger partial charge in [-0.05, 0) is 73.2 Å². The molecule has 16 heteroatoms. The highest BCUT2D eigenvalue weighted by molar-refractivity contribution is 6.00. The smallest absolute Gasteiger partial charge is 0.316 e. The van der Waals surface area contributed by atoms with Crippen molar-refractivity contribution in [2.45, 2.75) is 135 Å². The van der Waals surface area contributed by atoms with Gasteiger partial charge in [0.1, 0.15) is 41.8 Å². The highest BCUT2D eigenvalue weighted by Gasteiger charge is 2.53. The number of hydrogen-bond donors (Lipinski definition) is 2. The first-order chi connectivity index (χ1) is 26.9. The molecule has 0 amide bonds. The van der Waals surface area contributed by atoms with Crippen LogP contribution in [0.2, 0.25) is 0 Å². The number of pyridine rings is 1. The second-order valence-electron chi connectivity index (χ2n) is 16.6. The van der Waals surface area contributed by atoms with E-state index in [0.717, 1.165) is 5.56 Å². The van der Waals surface area contributed by atoms with Crippen molar-refractivity contribution in [1.29, 1.82) is 0 Å². The van der Waals surface area contributed by atoms with Gasteiger partial charge in [0.2, 0.25) is 0 Å². The zero-order valence-corrected chi connectivity index (χ0v) is 34.9. The number of aromatic nitrogens is 3. The Labute approximate surface area is 335 Å². The number of carbonyl (C=O) groups excluding carboxylic acids is 3. The van der Waals surface area contributed by atoms with Gasteiger partial charge in [0.15, 0.2) is 17.9 Å². The van der Waals surface area contributed by atoms with E-state index in [2.05, 4.69) is 15.2 Å². The number of ether oxygens (including phenoxy) is 5. The van der Waals surface area contributed by atoms with Crippen LogP contribution >= 0.6 is 0 Å². The number of rotatable bonds is 8. The SMILES string of the molecule is CC[C@H]1OC(=O)[C@H](C)C(=O)[C@H](C)[C@@H](O[C@@H]2O[C@H](C)C[C@H](N(C)C)[C@H]2O)[C@@]2(C)C[C@@H](C)C(=O)[C@H](C)[C@@H](OC/C(=N\OCc3ccc(-n4cccn4)nc3)CO2)[C@]1(C)O. The number of cyclic esters (lactones) is 1. The third kappa shape index (κ3) is 9.98. The fourth-order valence-electron chi connectivity index (χ4n) is 8.44. The summed E-state index contributed by atoms with van der Waals surface area (Å²) in [7, 11) is 3.72.